The van der Waals surface area contributed by atoms with Crippen molar-refractivity contribution in [2.24, 2.45) is 5.92 Å². The second-order valence-corrected chi connectivity index (χ2v) is 6.81. The highest BCUT2D eigenvalue weighted by Gasteiger charge is 2.15. The molecule has 0 saturated heterocycles. The summed E-state index contributed by atoms with van der Waals surface area (Å²) >= 11 is 0. The van der Waals surface area contributed by atoms with E-state index < -0.39 is 10.0 Å². The first kappa shape index (κ1) is 17.0. The van der Waals surface area contributed by atoms with Crippen molar-refractivity contribution in [3.8, 4) is 0 Å². The van der Waals surface area contributed by atoms with Crippen molar-refractivity contribution in [1.29, 1.82) is 0 Å². The minimum absolute atomic E-state index is 0.321. The van der Waals surface area contributed by atoms with Crippen LogP contribution in [0.25, 0.3) is 0 Å². The van der Waals surface area contributed by atoms with Crippen LogP contribution in [0.2, 0.25) is 0 Å². The Bertz CT molecular complexity index is 483. The van der Waals surface area contributed by atoms with Crippen LogP contribution >= 0.6 is 0 Å². The van der Waals surface area contributed by atoms with Crippen LogP contribution in [-0.4, -0.2) is 22.0 Å². The molecule has 0 saturated carbocycles. The van der Waals surface area contributed by atoms with Crippen molar-refractivity contribution in [3.05, 3.63) is 24.3 Å². The van der Waals surface area contributed by atoms with E-state index in [1.165, 1.54) is 0 Å². The molecule has 0 aliphatic carbocycles. The number of benzene rings is 1. The molecular weight excluding hydrogens is 272 g/mol. The fraction of sp³-hybridized carbons (Fsp3) is 0.600. The Kier molecular flexibility index (Phi) is 7.02. The summed E-state index contributed by atoms with van der Waals surface area (Å²) in [5.74, 6) is 0.418. The van der Waals surface area contributed by atoms with Crippen LogP contribution in [0.5, 0.6) is 0 Å². The first-order valence-electron chi connectivity index (χ1n) is 7.31. The Balaban J connectivity index is 2.63. The van der Waals surface area contributed by atoms with Gasteiger partial charge >= 0.3 is 0 Å². The summed E-state index contributed by atoms with van der Waals surface area (Å²) in [6.07, 6.45) is 4.38. The van der Waals surface area contributed by atoms with E-state index in [0.717, 1.165) is 31.4 Å². The lowest BCUT2D eigenvalue weighted by Gasteiger charge is -2.15. The second kappa shape index (κ2) is 8.27. The zero-order valence-electron chi connectivity index (χ0n) is 12.6. The summed E-state index contributed by atoms with van der Waals surface area (Å²) in [5, 5.41) is 2.97. The molecule has 0 spiro atoms. The van der Waals surface area contributed by atoms with Gasteiger partial charge in [0.25, 0.3) is 0 Å². The molecule has 20 heavy (non-hydrogen) atoms. The Labute approximate surface area is 123 Å². The average Bonchev–Trinajstić information content (AvgIpc) is 2.47. The molecule has 1 unspecified atom stereocenters. The molecule has 2 N–H and O–H groups in total. The van der Waals surface area contributed by atoms with Gasteiger partial charge in [0.15, 0.2) is 0 Å². The molecule has 0 aliphatic heterocycles. The average molecular weight is 298 g/mol. The topological polar surface area (TPSA) is 58.2 Å². The highest BCUT2D eigenvalue weighted by molar-refractivity contribution is 7.89. The maximum Gasteiger partial charge on any atom is 0.240 e. The Morgan fingerprint density at radius 3 is 2.30 bits per heavy atom. The lowest BCUT2D eigenvalue weighted by molar-refractivity contribution is 0.444. The molecular formula is C15H26N2O2S. The highest BCUT2D eigenvalue weighted by Crippen LogP contribution is 2.15. The zero-order valence-corrected chi connectivity index (χ0v) is 13.5. The molecule has 1 aromatic carbocycles. The Morgan fingerprint density at radius 2 is 1.80 bits per heavy atom. The SMILES string of the molecule is CCCCC(CC)CNS(=O)(=O)c1ccc(NC)cc1. The molecule has 1 atom stereocenters. The molecule has 4 nitrogen and oxygen atoms in total. The van der Waals surface area contributed by atoms with Gasteiger partial charge < -0.3 is 5.32 Å². The van der Waals surface area contributed by atoms with E-state index in [0.29, 0.717) is 17.4 Å². The number of unbranched alkanes of at least 4 members (excludes halogenated alkanes) is 1. The van der Waals surface area contributed by atoms with E-state index in [9.17, 15) is 8.42 Å². The maximum absolute atomic E-state index is 12.2. The summed E-state index contributed by atoms with van der Waals surface area (Å²) in [6, 6.07) is 6.79. The van der Waals surface area contributed by atoms with Gasteiger partial charge in [-0.1, -0.05) is 33.1 Å². The fourth-order valence-corrected chi connectivity index (χ4v) is 3.17. The quantitative estimate of drug-likeness (QED) is 0.736. The molecule has 0 fully saturated rings. The van der Waals surface area contributed by atoms with Crippen molar-refractivity contribution in [1.82, 2.24) is 4.72 Å². The second-order valence-electron chi connectivity index (χ2n) is 5.04. The normalized spacial score (nSPS) is 13.2. The predicted molar refractivity (Wildman–Crippen MR) is 84.5 cm³/mol. The van der Waals surface area contributed by atoms with Crippen LogP contribution in [0.15, 0.2) is 29.2 Å². The smallest absolute Gasteiger partial charge is 0.240 e. The predicted octanol–water partition coefficient (Wildman–Crippen LogP) is 3.22. The van der Waals surface area contributed by atoms with Crippen molar-refractivity contribution >= 4 is 15.7 Å². The van der Waals surface area contributed by atoms with Gasteiger partial charge in [0.1, 0.15) is 0 Å². The van der Waals surface area contributed by atoms with Crippen LogP contribution in [-0.2, 0) is 10.0 Å². The van der Waals surface area contributed by atoms with Gasteiger partial charge in [0.05, 0.1) is 4.90 Å². The highest BCUT2D eigenvalue weighted by atomic mass is 32.2. The molecule has 0 radical (unpaired) electrons. The molecule has 0 aromatic heterocycles. The van der Waals surface area contributed by atoms with E-state index in [1.54, 1.807) is 31.3 Å². The van der Waals surface area contributed by atoms with Crippen molar-refractivity contribution < 1.29 is 8.42 Å². The van der Waals surface area contributed by atoms with Gasteiger partial charge in [0, 0.05) is 19.3 Å². The number of rotatable bonds is 9. The Hall–Kier alpha value is -1.07. The molecule has 1 aromatic rings. The molecule has 0 aliphatic rings. The monoisotopic (exact) mass is 298 g/mol. The zero-order chi connectivity index (χ0) is 15.0. The van der Waals surface area contributed by atoms with Gasteiger partial charge in [-0.2, -0.15) is 0 Å². The lowest BCUT2D eigenvalue weighted by Crippen LogP contribution is -2.29. The van der Waals surface area contributed by atoms with Gasteiger partial charge in [0.2, 0.25) is 10.0 Å². The third-order valence-electron chi connectivity index (χ3n) is 3.56. The van der Waals surface area contributed by atoms with Gasteiger partial charge in [-0.15, -0.1) is 0 Å². The minimum Gasteiger partial charge on any atom is -0.388 e. The van der Waals surface area contributed by atoms with E-state index in [4.69, 9.17) is 0 Å². The van der Waals surface area contributed by atoms with Crippen LogP contribution in [0, 0.1) is 5.92 Å². The summed E-state index contributed by atoms with van der Waals surface area (Å²) in [6.45, 7) is 4.78. The van der Waals surface area contributed by atoms with Gasteiger partial charge in [-0.05, 0) is 36.6 Å². The van der Waals surface area contributed by atoms with Crippen molar-refractivity contribution in [2.75, 3.05) is 18.9 Å². The van der Waals surface area contributed by atoms with E-state index in [1.807, 2.05) is 0 Å². The van der Waals surface area contributed by atoms with Crippen LogP contribution in [0.4, 0.5) is 5.69 Å². The van der Waals surface area contributed by atoms with Gasteiger partial charge in [-0.3, -0.25) is 0 Å². The van der Waals surface area contributed by atoms with Crippen molar-refractivity contribution in [2.45, 2.75) is 44.4 Å². The maximum atomic E-state index is 12.2. The molecule has 5 heteroatoms. The van der Waals surface area contributed by atoms with E-state index in [-0.39, 0.29) is 0 Å². The van der Waals surface area contributed by atoms with Crippen LogP contribution in [0.3, 0.4) is 0 Å². The van der Waals surface area contributed by atoms with E-state index in [2.05, 4.69) is 23.9 Å². The molecule has 0 bridgehead atoms. The summed E-state index contributed by atoms with van der Waals surface area (Å²) in [7, 11) is -1.59. The van der Waals surface area contributed by atoms with Gasteiger partial charge in [-0.25, -0.2) is 13.1 Å². The number of hydrogen-bond donors (Lipinski definition) is 2. The standard InChI is InChI=1S/C15H26N2O2S/c1-4-6-7-13(5-2)12-17-20(18,19)15-10-8-14(16-3)9-11-15/h8-11,13,16-17H,4-7,12H2,1-3H3. The summed E-state index contributed by atoms with van der Waals surface area (Å²) in [5.41, 5.74) is 0.901. The third-order valence-corrected chi connectivity index (χ3v) is 5.00. The molecule has 0 heterocycles. The Morgan fingerprint density at radius 1 is 1.15 bits per heavy atom. The number of sulfonamides is 1. The number of hydrogen-bond acceptors (Lipinski definition) is 3. The molecule has 114 valence electrons. The summed E-state index contributed by atoms with van der Waals surface area (Å²) in [4.78, 5) is 0.321. The first-order chi connectivity index (χ1) is 9.53. The lowest BCUT2D eigenvalue weighted by atomic mass is 10.00. The largest absolute Gasteiger partial charge is 0.388 e. The van der Waals surface area contributed by atoms with Crippen LogP contribution < -0.4 is 10.0 Å². The number of nitrogens with one attached hydrogen (secondary N) is 2. The molecule has 0 amide bonds. The number of anilines is 1. The van der Waals surface area contributed by atoms with E-state index >= 15 is 0 Å². The third kappa shape index (κ3) is 5.13. The molecule has 1 rings (SSSR count). The van der Waals surface area contributed by atoms with Crippen LogP contribution in [0.1, 0.15) is 39.5 Å². The first-order valence-corrected chi connectivity index (χ1v) is 8.79. The minimum atomic E-state index is -3.39. The fourth-order valence-electron chi connectivity index (χ4n) is 2.05. The summed E-state index contributed by atoms with van der Waals surface area (Å²) < 4.78 is 27.1. The van der Waals surface area contributed by atoms with Crippen molar-refractivity contribution in [3.63, 3.8) is 0 Å².